The van der Waals surface area contributed by atoms with Crippen LogP contribution >= 0.6 is 15.9 Å². The number of carbonyl (C=O) groups is 1. The minimum Gasteiger partial charge on any atom is -0.480 e. The predicted octanol–water partition coefficient (Wildman–Crippen LogP) is 2.01. The van der Waals surface area contributed by atoms with Crippen LogP contribution < -0.4 is 5.32 Å². The van der Waals surface area contributed by atoms with Gasteiger partial charge < -0.3 is 10.4 Å². The minimum atomic E-state index is -0.836. The van der Waals surface area contributed by atoms with Gasteiger partial charge in [0.25, 0.3) is 0 Å². The second kappa shape index (κ2) is 5.12. The third-order valence-electron chi connectivity index (χ3n) is 1.93. The highest BCUT2D eigenvalue weighted by Gasteiger charge is 2.09. The van der Waals surface area contributed by atoms with Gasteiger partial charge in [0, 0.05) is 11.0 Å². The Labute approximate surface area is 91.3 Å². The maximum Gasteiger partial charge on any atom is 0.320 e. The summed E-state index contributed by atoms with van der Waals surface area (Å²) in [6.07, 6.45) is 0. The van der Waals surface area contributed by atoms with Crippen molar-refractivity contribution < 1.29 is 9.90 Å². The fourth-order valence-corrected chi connectivity index (χ4v) is 1.42. The van der Waals surface area contributed by atoms with Gasteiger partial charge in [0.05, 0.1) is 0 Å². The third-order valence-corrected chi connectivity index (χ3v) is 2.70. The van der Waals surface area contributed by atoms with Crippen LogP contribution in [0.5, 0.6) is 0 Å². The van der Waals surface area contributed by atoms with Crippen molar-refractivity contribution in [3.05, 3.63) is 34.3 Å². The lowest BCUT2D eigenvalue weighted by atomic mass is 10.2. The molecule has 2 N–H and O–H groups in total. The zero-order chi connectivity index (χ0) is 10.6. The number of carboxylic acid groups (broad SMARTS) is 1. The van der Waals surface area contributed by atoms with E-state index in [0.29, 0.717) is 6.54 Å². The molecule has 1 aromatic carbocycles. The van der Waals surface area contributed by atoms with E-state index in [1.54, 1.807) is 6.92 Å². The van der Waals surface area contributed by atoms with Crippen LogP contribution in [0.1, 0.15) is 12.5 Å². The predicted molar refractivity (Wildman–Crippen MR) is 58.1 cm³/mol. The van der Waals surface area contributed by atoms with Gasteiger partial charge in [-0.25, -0.2) is 0 Å². The van der Waals surface area contributed by atoms with Crippen molar-refractivity contribution in [1.29, 1.82) is 0 Å². The van der Waals surface area contributed by atoms with Crippen LogP contribution in [-0.2, 0) is 11.3 Å². The zero-order valence-electron chi connectivity index (χ0n) is 7.83. The van der Waals surface area contributed by atoms with E-state index in [-0.39, 0.29) is 0 Å². The average molecular weight is 258 g/mol. The van der Waals surface area contributed by atoms with Crippen molar-refractivity contribution in [2.45, 2.75) is 19.5 Å². The Hall–Kier alpha value is -0.870. The van der Waals surface area contributed by atoms with E-state index < -0.39 is 12.0 Å². The summed E-state index contributed by atoms with van der Waals surface area (Å²) in [5, 5.41) is 11.6. The first-order valence-corrected chi connectivity index (χ1v) is 5.10. The molecule has 1 atom stereocenters. The number of halogens is 1. The molecule has 0 aromatic heterocycles. The summed E-state index contributed by atoms with van der Waals surface area (Å²) in [7, 11) is 0. The minimum absolute atomic E-state index is 0.526. The molecule has 0 bridgehead atoms. The molecular weight excluding hydrogens is 246 g/mol. The van der Waals surface area contributed by atoms with Crippen molar-refractivity contribution in [3.8, 4) is 0 Å². The fraction of sp³-hybridized carbons (Fsp3) is 0.300. The molecule has 1 rings (SSSR count). The summed E-state index contributed by atoms with van der Waals surface area (Å²) < 4.78 is 0.991. The van der Waals surface area contributed by atoms with E-state index in [1.165, 1.54) is 0 Å². The molecule has 3 nitrogen and oxygen atoms in total. The Bertz CT molecular complexity index is 328. The molecule has 0 unspecified atom stereocenters. The molecular formula is C10H12BrNO2. The monoisotopic (exact) mass is 257 g/mol. The summed E-state index contributed by atoms with van der Waals surface area (Å²) in [6, 6.07) is 7.21. The summed E-state index contributed by atoms with van der Waals surface area (Å²) in [4.78, 5) is 10.5. The highest BCUT2D eigenvalue weighted by molar-refractivity contribution is 9.10. The van der Waals surface area contributed by atoms with E-state index >= 15 is 0 Å². The summed E-state index contributed by atoms with van der Waals surface area (Å²) in [6.45, 7) is 2.17. The molecule has 76 valence electrons. The van der Waals surface area contributed by atoms with E-state index in [4.69, 9.17) is 5.11 Å². The standard InChI is InChI=1S/C10H12BrNO2/c1-7(10(13)14)12-6-8-4-2-3-5-9(8)11/h2-5,7,12H,6H2,1H3,(H,13,14)/t7-/m1/s1. The molecule has 0 saturated heterocycles. The summed E-state index contributed by atoms with van der Waals surface area (Å²) >= 11 is 3.40. The summed E-state index contributed by atoms with van der Waals surface area (Å²) in [5.41, 5.74) is 1.06. The normalized spacial score (nSPS) is 12.4. The van der Waals surface area contributed by atoms with Gasteiger partial charge in [-0.2, -0.15) is 0 Å². The first-order chi connectivity index (χ1) is 6.61. The largest absolute Gasteiger partial charge is 0.480 e. The molecule has 4 heteroatoms. The first kappa shape index (κ1) is 11.2. The lowest BCUT2D eigenvalue weighted by Gasteiger charge is -2.09. The number of carboxylic acids is 1. The van der Waals surface area contributed by atoms with Crippen LogP contribution in [0.4, 0.5) is 0 Å². The maximum atomic E-state index is 10.5. The Balaban J connectivity index is 2.54. The Morgan fingerprint density at radius 3 is 2.79 bits per heavy atom. The van der Waals surface area contributed by atoms with Gasteiger partial charge in [-0.15, -0.1) is 0 Å². The van der Waals surface area contributed by atoms with E-state index in [9.17, 15) is 4.79 Å². The molecule has 14 heavy (non-hydrogen) atoms. The van der Waals surface area contributed by atoms with Crippen LogP contribution in [-0.4, -0.2) is 17.1 Å². The number of benzene rings is 1. The Morgan fingerprint density at radius 1 is 1.57 bits per heavy atom. The van der Waals surface area contributed by atoms with Gasteiger partial charge in [-0.05, 0) is 18.6 Å². The third kappa shape index (κ3) is 3.12. The van der Waals surface area contributed by atoms with Gasteiger partial charge in [-0.1, -0.05) is 34.1 Å². The smallest absolute Gasteiger partial charge is 0.320 e. The molecule has 0 heterocycles. The molecule has 0 aliphatic rings. The van der Waals surface area contributed by atoms with Crippen LogP contribution in [0.15, 0.2) is 28.7 Å². The van der Waals surface area contributed by atoms with Crippen LogP contribution in [0.2, 0.25) is 0 Å². The number of nitrogens with one attached hydrogen (secondary N) is 1. The van der Waals surface area contributed by atoms with E-state index in [0.717, 1.165) is 10.0 Å². The summed E-state index contributed by atoms with van der Waals surface area (Å²) in [5.74, 6) is -0.836. The molecule has 0 saturated carbocycles. The zero-order valence-corrected chi connectivity index (χ0v) is 9.41. The molecule has 0 aliphatic heterocycles. The Kier molecular flexibility index (Phi) is 4.10. The highest BCUT2D eigenvalue weighted by atomic mass is 79.9. The van der Waals surface area contributed by atoms with Crippen molar-refractivity contribution in [2.75, 3.05) is 0 Å². The second-order valence-electron chi connectivity index (χ2n) is 3.03. The number of aliphatic carboxylic acids is 1. The van der Waals surface area contributed by atoms with E-state index in [1.807, 2.05) is 24.3 Å². The fourth-order valence-electron chi connectivity index (χ4n) is 0.992. The number of rotatable bonds is 4. The van der Waals surface area contributed by atoms with Gasteiger partial charge in [0.1, 0.15) is 6.04 Å². The highest BCUT2D eigenvalue weighted by Crippen LogP contribution is 2.15. The van der Waals surface area contributed by atoms with Gasteiger partial charge >= 0.3 is 5.97 Å². The average Bonchev–Trinajstić information content (AvgIpc) is 2.16. The molecule has 1 aromatic rings. The van der Waals surface area contributed by atoms with Crippen molar-refractivity contribution in [2.24, 2.45) is 0 Å². The van der Waals surface area contributed by atoms with Gasteiger partial charge in [0.2, 0.25) is 0 Å². The van der Waals surface area contributed by atoms with Crippen LogP contribution in [0.3, 0.4) is 0 Å². The SMILES string of the molecule is C[C@@H](NCc1ccccc1Br)C(=O)O. The molecule has 0 radical (unpaired) electrons. The second-order valence-corrected chi connectivity index (χ2v) is 3.89. The van der Waals surface area contributed by atoms with Crippen LogP contribution in [0.25, 0.3) is 0 Å². The van der Waals surface area contributed by atoms with Crippen molar-refractivity contribution >= 4 is 21.9 Å². The maximum absolute atomic E-state index is 10.5. The Morgan fingerprint density at radius 2 is 2.21 bits per heavy atom. The van der Waals surface area contributed by atoms with Gasteiger partial charge in [0.15, 0.2) is 0 Å². The molecule has 0 fully saturated rings. The molecule has 0 spiro atoms. The lowest BCUT2D eigenvalue weighted by Crippen LogP contribution is -2.33. The molecule has 0 amide bonds. The lowest BCUT2D eigenvalue weighted by molar-refractivity contribution is -0.139. The molecule has 0 aliphatic carbocycles. The van der Waals surface area contributed by atoms with Gasteiger partial charge in [-0.3, -0.25) is 4.79 Å². The number of hydrogen-bond donors (Lipinski definition) is 2. The number of hydrogen-bond acceptors (Lipinski definition) is 2. The first-order valence-electron chi connectivity index (χ1n) is 4.31. The topological polar surface area (TPSA) is 49.3 Å². The van der Waals surface area contributed by atoms with Crippen LogP contribution in [0, 0.1) is 0 Å². The van der Waals surface area contributed by atoms with E-state index in [2.05, 4.69) is 21.2 Å². The quantitative estimate of drug-likeness (QED) is 0.868. The van der Waals surface area contributed by atoms with Crippen molar-refractivity contribution in [3.63, 3.8) is 0 Å². The van der Waals surface area contributed by atoms with Crippen molar-refractivity contribution in [1.82, 2.24) is 5.32 Å².